The van der Waals surface area contributed by atoms with Crippen molar-refractivity contribution in [2.24, 2.45) is 7.05 Å². The first-order chi connectivity index (χ1) is 9.02. The molecule has 0 spiro atoms. The summed E-state index contributed by atoms with van der Waals surface area (Å²) in [6.07, 6.45) is 4.78. The van der Waals surface area contributed by atoms with Gasteiger partial charge in [-0.05, 0) is 20.3 Å². The maximum Gasteiger partial charge on any atom is 0.135 e. The van der Waals surface area contributed by atoms with Gasteiger partial charge in [-0.1, -0.05) is 6.92 Å². The van der Waals surface area contributed by atoms with Gasteiger partial charge in [0.05, 0.1) is 6.20 Å². The van der Waals surface area contributed by atoms with Gasteiger partial charge in [-0.25, -0.2) is 9.97 Å². The van der Waals surface area contributed by atoms with Crippen molar-refractivity contribution in [3.63, 3.8) is 0 Å². The minimum Gasteiger partial charge on any atom is -0.355 e. The Bertz CT molecular complexity index is 573. The van der Waals surface area contributed by atoms with Crippen LogP contribution in [0.2, 0.25) is 0 Å². The van der Waals surface area contributed by atoms with E-state index in [1.807, 2.05) is 31.0 Å². The van der Waals surface area contributed by atoms with Gasteiger partial charge >= 0.3 is 0 Å². The Balaban J connectivity index is 2.27. The molecule has 2 aromatic heterocycles. The summed E-state index contributed by atoms with van der Waals surface area (Å²) >= 11 is 0. The highest BCUT2D eigenvalue weighted by atomic mass is 15.3. The quantitative estimate of drug-likeness (QED) is 0.843. The van der Waals surface area contributed by atoms with Gasteiger partial charge in [-0.2, -0.15) is 5.10 Å². The van der Waals surface area contributed by atoms with Gasteiger partial charge < -0.3 is 4.90 Å². The lowest BCUT2D eigenvalue weighted by Crippen LogP contribution is -2.20. The first-order valence-corrected chi connectivity index (χ1v) is 6.54. The third kappa shape index (κ3) is 2.75. The molecule has 19 heavy (non-hydrogen) atoms. The fourth-order valence-corrected chi connectivity index (χ4v) is 2.09. The maximum atomic E-state index is 4.56. The number of aromatic nitrogens is 4. The minimum absolute atomic E-state index is 0.807. The average Bonchev–Trinajstić information content (AvgIpc) is 2.70. The van der Waals surface area contributed by atoms with Crippen molar-refractivity contribution in [2.45, 2.75) is 33.7 Å². The molecule has 2 heterocycles. The number of aryl methyl sites for hydroxylation is 3. The average molecular weight is 259 g/mol. The predicted molar refractivity (Wildman–Crippen MR) is 76.2 cm³/mol. The van der Waals surface area contributed by atoms with Crippen molar-refractivity contribution >= 4 is 5.82 Å². The molecule has 0 bridgehead atoms. The summed E-state index contributed by atoms with van der Waals surface area (Å²) < 4.78 is 1.90. The summed E-state index contributed by atoms with van der Waals surface area (Å²) in [7, 11) is 4.03. The number of rotatable bonds is 4. The molecule has 0 aromatic carbocycles. The van der Waals surface area contributed by atoms with Crippen molar-refractivity contribution in [2.75, 3.05) is 11.9 Å². The Hall–Kier alpha value is -1.91. The zero-order valence-corrected chi connectivity index (χ0v) is 12.3. The Morgan fingerprint density at radius 1 is 1.21 bits per heavy atom. The molecule has 5 nitrogen and oxygen atoms in total. The molecule has 0 radical (unpaired) electrons. The normalized spacial score (nSPS) is 10.8. The van der Waals surface area contributed by atoms with Crippen LogP contribution in [0.3, 0.4) is 0 Å². The van der Waals surface area contributed by atoms with Crippen LogP contribution in [0.15, 0.2) is 12.4 Å². The lowest BCUT2D eigenvalue weighted by atomic mass is 10.2. The minimum atomic E-state index is 0.807. The van der Waals surface area contributed by atoms with E-state index >= 15 is 0 Å². The van der Waals surface area contributed by atoms with Crippen LogP contribution < -0.4 is 4.90 Å². The van der Waals surface area contributed by atoms with Gasteiger partial charge in [-0.3, -0.25) is 4.68 Å². The molecule has 0 saturated carbocycles. The Morgan fingerprint density at radius 2 is 1.95 bits per heavy atom. The Labute approximate surface area is 114 Å². The largest absolute Gasteiger partial charge is 0.355 e. The molecule has 0 saturated heterocycles. The highest BCUT2D eigenvalue weighted by Crippen LogP contribution is 2.19. The van der Waals surface area contributed by atoms with Gasteiger partial charge in [-0.15, -0.1) is 0 Å². The Kier molecular flexibility index (Phi) is 3.83. The van der Waals surface area contributed by atoms with Crippen molar-refractivity contribution < 1.29 is 0 Å². The van der Waals surface area contributed by atoms with Gasteiger partial charge in [0.2, 0.25) is 0 Å². The van der Waals surface area contributed by atoms with Crippen molar-refractivity contribution in [1.82, 2.24) is 19.7 Å². The molecule has 0 unspecified atom stereocenters. The standard InChI is InChI=1S/C14H21N5/c1-6-12-7-15-11(3)17-14(12)18(4)9-13-8-16-19(5)10(13)2/h7-8H,6,9H2,1-5H3. The molecule has 0 aliphatic rings. The zero-order valence-electron chi connectivity index (χ0n) is 12.3. The lowest BCUT2D eigenvalue weighted by Gasteiger charge is -2.20. The van der Waals surface area contributed by atoms with Gasteiger partial charge in [0.15, 0.2) is 0 Å². The molecule has 0 aliphatic heterocycles. The van der Waals surface area contributed by atoms with Gasteiger partial charge in [0, 0.05) is 43.7 Å². The summed E-state index contributed by atoms with van der Waals surface area (Å²) in [5.74, 6) is 1.82. The van der Waals surface area contributed by atoms with E-state index in [2.05, 4.69) is 40.9 Å². The SMILES string of the molecule is CCc1cnc(C)nc1N(C)Cc1cnn(C)c1C. The highest BCUT2D eigenvalue weighted by Gasteiger charge is 2.12. The molecule has 2 rings (SSSR count). The maximum absolute atomic E-state index is 4.56. The van der Waals surface area contributed by atoms with Crippen LogP contribution in [0.25, 0.3) is 0 Å². The van der Waals surface area contributed by atoms with E-state index in [0.717, 1.165) is 24.6 Å². The second-order valence-electron chi connectivity index (χ2n) is 4.85. The summed E-state index contributed by atoms with van der Waals surface area (Å²) in [6.45, 7) is 6.94. The molecule has 0 atom stereocenters. The molecule has 102 valence electrons. The van der Waals surface area contributed by atoms with E-state index in [1.165, 1.54) is 16.8 Å². The number of nitrogens with zero attached hydrogens (tertiary/aromatic N) is 5. The monoisotopic (exact) mass is 259 g/mol. The zero-order chi connectivity index (χ0) is 14.0. The summed E-state index contributed by atoms with van der Waals surface area (Å²) in [5.41, 5.74) is 3.59. The lowest BCUT2D eigenvalue weighted by molar-refractivity contribution is 0.736. The van der Waals surface area contributed by atoms with Crippen molar-refractivity contribution in [1.29, 1.82) is 0 Å². The fraction of sp³-hybridized carbons (Fsp3) is 0.500. The van der Waals surface area contributed by atoms with Crippen molar-refractivity contribution in [3.05, 3.63) is 35.0 Å². The van der Waals surface area contributed by atoms with Crippen LogP contribution >= 0.6 is 0 Å². The molecular formula is C14H21N5. The number of hydrogen-bond donors (Lipinski definition) is 0. The molecule has 0 aliphatic carbocycles. The van der Waals surface area contributed by atoms with Crippen LogP contribution in [0.4, 0.5) is 5.82 Å². The summed E-state index contributed by atoms with van der Waals surface area (Å²) in [6, 6.07) is 0. The third-order valence-electron chi connectivity index (χ3n) is 3.45. The predicted octanol–water partition coefficient (Wildman–Crippen LogP) is 2.03. The van der Waals surface area contributed by atoms with E-state index in [9.17, 15) is 0 Å². The van der Waals surface area contributed by atoms with E-state index in [1.54, 1.807) is 0 Å². The summed E-state index contributed by atoms with van der Waals surface area (Å²) in [4.78, 5) is 11.0. The second kappa shape index (κ2) is 5.38. The van der Waals surface area contributed by atoms with Crippen molar-refractivity contribution in [3.8, 4) is 0 Å². The fourth-order valence-electron chi connectivity index (χ4n) is 2.09. The van der Waals surface area contributed by atoms with Crippen LogP contribution in [0.5, 0.6) is 0 Å². The molecule has 0 N–H and O–H groups in total. The van der Waals surface area contributed by atoms with Gasteiger partial charge in [0.25, 0.3) is 0 Å². The van der Waals surface area contributed by atoms with Crippen LogP contribution in [0.1, 0.15) is 29.6 Å². The van der Waals surface area contributed by atoms with E-state index < -0.39 is 0 Å². The smallest absolute Gasteiger partial charge is 0.135 e. The second-order valence-corrected chi connectivity index (χ2v) is 4.85. The summed E-state index contributed by atoms with van der Waals surface area (Å²) in [5, 5.41) is 4.28. The van der Waals surface area contributed by atoms with E-state index in [4.69, 9.17) is 0 Å². The molecule has 5 heteroatoms. The highest BCUT2D eigenvalue weighted by molar-refractivity contribution is 5.46. The van der Waals surface area contributed by atoms with E-state index in [0.29, 0.717) is 0 Å². The first kappa shape index (κ1) is 13.5. The van der Waals surface area contributed by atoms with Crippen LogP contribution in [-0.2, 0) is 20.0 Å². The molecule has 0 amide bonds. The van der Waals surface area contributed by atoms with Crippen LogP contribution in [0, 0.1) is 13.8 Å². The van der Waals surface area contributed by atoms with Crippen LogP contribution in [-0.4, -0.2) is 26.8 Å². The number of hydrogen-bond acceptors (Lipinski definition) is 4. The Morgan fingerprint density at radius 3 is 2.53 bits per heavy atom. The molecule has 2 aromatic rings. The van der Waals surface area contributed by atoms with E-state index in [-0.39, 0.29) is 0 Å². The van der Waals surface area contributed by atoms with Gasteiger partial charge in [0.1, 0.15) is 11.6 Å². The third-order valence-corrected chi connectivity index (χ3v) is 3.45. The molecule has 0 fully saturated rings. The first-order valence-electron chi connectivity index (χ1n) is 6.54. The topological polar surface area (TPSA) is 46.8 Å². The molecular weight excluding hydrogens is 238 g/mol. The number of anilines is 1.